The van der Waals surface area contributed by atoms with Gasteiger partial charge in [0.15, 0.2) is 0 Å². The first-order chi connectivity index (χ1) is 35.0. The first-order valence-corrected chi connectivity index (χ1v) is 25.5. The van der Waals surface area contributed by atoms with Crippen molar-refractivity contribution in [2.24, 2.45) is 11.3 Å². The summed E-state index contributed by atoms with van der Waals surface area (Å²) in [4.78, 5) is 84.0. The second-order valence-electron chi connectivity index (χ2n) is 20.4. The molecular weight excluding hydrogens is 994 g/mol. The number of morpholine rings is 1. The third-order valence-corrected chi connectivity index (χ3v) is 14.9. The summed E-state index contributed by atoms with van der Waals surface area (Å²) >= 11 is 1.22. The molecule has 400 valence electrons. The number of pyridine rings is 1. The van der Waals surface area contributed by atoms with E-state index in [1.54, 1.807) is 62.7 Å². The van der Waals surface area contributed by atoms with E-state index in [1.165, 1.54) is 49.8 Å². The van der Waals surface area contributed by atoms with Crippen molar-refractivity contribution in [2.45, 2.75) is 116 Å². The topological polar surface area (TPSA) is 181 Å². The minimum atomic E-state index is -4.62. The molecule has 4 aromatic rings. The molecule has 0 aliphatic carbocycles. The number of nitrogens with one attached hydrogen (secondary N) is 2. The maximum atomic E-state index is 14.7. The van der Waals surface area contributed by atoms with Crippen molar-refractivity contribution in [1.82, 2.24) is 45.0 Å². The van der Waals surface area contributed by atoms with E-state index in [9.17, 15) is 45.9 Å². The molecule has 7 heterocycles. The van der Waals surface area contributed by atoms with Crippen molar-refractivity contribution in [3.05, 3.63) is 70.3 Å². The number of benzene rings is 1. The first kappa shape index (κ1) is 54.2. The largest absolute Gasteiger partial charge is 0.464 e. The zero-order valence-electron chi connectivity index (χ0n) is 42.3. The lowest BCUT2D eigenvalue weighted by atomic mass is 9.84. The molecule has 4 aliphatic rings. The molecule has 2 N–H and O–H groups in total. The highest BCUT2D eigenvalue weighted by Crippen LogP contribution is 2.43. The number of methoxy groups -OCH3 is 1. The number of urea groups is 1. The third-order valence-electron chi connectivity index (χ3n) is 14.0. The smallest absolute Gasteiger partial charge is 0.406 e. The SMILES string of the molecule is CO[C@@H](C)c1ncccc1-c1c2c3cc(ccc3n1CC(F)(F)F)-c1csc(n1)C[C@H](NC(=O)C(C(C)C)N(C)C(=O)N1C[C@@H]3OCCN(C(=O)/C=C/C(F)F)[C@@H]3C1)C(=O)N1CCC[C@H](N1)C(=O)OCC(C)(C)C2. The number of carbonyl (C=O) groups is 5. The number of allylic oxidation sites excluding steroid dienone is 1. The molecule has 6 bridgehead atoms. The average molecular weight is 1060 g/mol. The number of cyclic esters (lactones) is 1. The van der Waals surface area contributed by atoms with Crippen LogP contribution in [0.2, 0.25) is 0 Å². The standard InChI is InChI=1S/C51H62F5N9O8S/c1-28(2)44(61(6)49(70)62-23-38-39(24-62)72-19-18-63(38)42(66)15-14-40(52)53)46(67)59-35-21-41-58-36(25-74-41)30-12-13-37-32(20-30)33(22-50(4,5)27-73-48(69)34-11-9-17-65(60-34)47(35)68)45(64(37)26-51(54,55)56)31-10-8-16-57-43(31)29(3)71-7/h8,10,12-16,20,25,28-29,34-35,38-40,44,60H,9,11,17-19,21-24,26-27H2,1-7H3,(H,59,67)/b15-14+/t29-,34-,35-,38+,39-,44?/m0/s1. The van der Waals surface area contributed by atoms with Gasteiger partial charge in [0.2, 0.25) is 11.8 Å². The Morgan fingerprint density at radius 2 is 1.88 bits per heavy atom. The highest BCUT2D eigenvalue weighted by atomic mass is 32.1. The number of fused-ring (bicyclic) bond motifs is 7. The number of hydrazine groups is 1. The lowest BCUT2D eigenvalue weighted by Gasteiger charge is -2.37. The van der Waals surface area contributed by atoms with Crippen LogP contribution in [0.4, 0.5) is 26.7 Å². The number of likely N-dealkylation sites (tertiary alicyclic amines) is 1. The zero-order valence-corrected chi connectivity index (χ0v) is 43.1. The molecule has 4 aliphatic heterocycles. The van der Waals surface area contributed by atoms with Crippen molar-refractivity contribution in [1.29, 1.82) is 0 Å². The van der Waals surface area contributed by atoms with Crippen LogP contribution in [-0.2, 0) is 52.8 Å². The lowest BCUT2D eigenvalue weighted by Crippen LogP contribution is -2.62. The highest BCUT2D eigenvalue weighted by molar-refractivity contribution is 7.10. The predicted molar refractivity (Wildman–Crippen MR) is 263 cm³/mol. The Hall–Kier alpha value is -6.04. The fourth-order valence-corrected chi connectivity index (χ4v) is 11.3. The molecule has 5 amide bonds. The number of rotatable bonds is 10. The number of nitrogens with zero attached hydrogens (tertiary/aromatic N) is 7. The summed E-state index contributed by atoms with van der Waals surface area (Å²) in [6.45, 7) is 8.13. The Kier molecular flexibility index (Phi) is 16.2. The van der Waals surface area contributed by atoms with E-state index in [-0.39, 0.29) is 52.2 Å². The van der Waals surface area contributed by atoms with Crippen LogP contribution in [0, 0.1) is 11.3 Å². The number of thiazole rings is 1. The van der Waals surface area contributed by atoms with Gasteiger partial charge in [0.25, 0.3) is 12.3 Å². The number of hydrogen-bond donors (Lipinski definition) is 2. The number of aromatic nitrogens is 3. The van der Waals surface area contributed by atoms with Crippen molar-refractivity contribution >= 4 is 52.0 Å². The Morgan fingerprint density at radius 3 is 2.59 bits per heavy atom. The van der Waals surface area contributed by atoms with Gasteiger partial charge in [-0.15, -0.1) is 11.3 Å². The van der Waals surface area contributed by atoms with Gasteiger partial charge in [-0.2, -0.15) is 13.2 Å². The summed E-state index contributed by atoms with van der Waals surface area (Å²) in [6, 6.07) is 4.00. The molecule has 6 atom stereocenters. The number of likely N-dealkylation sites (N-methyl/N-ethyl adjacent to an activating group) is 1. The number of carbonyl (C=O) groups excluding carboxylic acids is 5. The molecule has 8 rings (SSSR count). The van der Waals surface area contributed by atoms with Crippen LogP contribution in [0.1, 0.15) is 69.8 Å². The quantitative estimate of drug-likeness (QED) is 0.0999. The van der Waals surface area contributed by atoms with Gasteiger partial charge in [-0.3, -0.25) is 29.2 Å². The van der Waals surface area contributed by atoms with Gasteiger partial charge >= 0.3 is 18.2 Å². The summed E-state index contributed by atoms with van der Waals surface area (Å²) in [5, 5.41) is 6.93. The summed E-state index contributed by atoms with van der Waals surface area (Å²) in [7, 11) is 2.96. The van der Waals surface area contributed by atoms with Crippen LogP contribution >= 0.6 is 11.3 Å². The Morgan fingerprint density at radius 1 is 1.11 bits per heavy atom. The number of alkyl halides is 5. The van der Waals surface area contributed by atoms with E-state index in [2.05, 4.69) is 15.7 Å². The number of amides is 5. The maximum Gasteiger partial charge on any atom is 0.406 e. The molecule has 3 aromatic heterocycles. The monoisotopic (exact) mass is 1060 g/mol. The number of ether oxygens (including phenoxy) is 3. The summed E-state index contributed by atoms with van der Waals surface area (Å²) < 4.78 is 88.7. The molecule has 0 radical (unpaired) electrons. The third kappa shape index (κ3) is 11.7. The van der Waals surface area contributed by atoms with Crippen LogP contribution in [0.15, 0.2) is 54.1 Å². The highest BCUT2D eigenvalue weighted by Gasteiger charge is 2.46. The first-order valence-electron chi connectivity index (χ1n) is 24.6. The maximum absolute atomic E-state index is 14.7. The van der Waals surface area contributed by atoms with Crippen molar-refractivity contribution < 1.29 is 60.1 Å². The van der Waals surface area contributed by atoms with Gasteiger partial charge in [-0.25, -0.2) is 24.0 Å². The van der Waals surface area contributed by atoms with Gasteiger partial charge < -0.3 is 38.8 Å². The molecule has 23 heteroatoms. The zero-order chi connectivity index (χ0) is 53.4. The average Bonchev–Trinajstić information content (AvgIpc) is 4.09. The van der Waals surface area contributed by atoms with Crippen molar-refractivity contribution in [2.75, 3.05) is 53.6 Å². The van der Waals surface area contributed by atoms with Gasteiger partial charge in [-0.1, -0.05) is 33.8 Å². The van der Waals surface area contributed by atoms with E-state index in [0.29, 0.717) is 68.6 Å². The second kappa shape index (κ2) is 22.0. The Bertz CT molecular complexity index is 2780. The molecule has 0 spiro atoms. The fourth-order valence-electron chi connectivity index (χ4n) is 10.5. The molecule has 1 aromatic carbocycles. The van der Waals surface area contributed by atoms with Crippen LogP contribution in [0.3, 0.4) is 0 Å². The van der Waals surface area contributed by atoms with E-state index in [0.717, 1.165) is 6.08 Å². The summed E-state index contributed by atoms with van der Waals surface area (Å²) in [6.07, 6.45) is -4.93. The number of hydrogen-bond acceptors (Lipinski definition) is 12. The fraction of sp³-hybridized carbons (Fsp3) is 0.549. The van der Waals surface area contributed by atoms with E-state index < -0.39 is 96.6 Å². The summed E-state index contributed by atoms with van der Waals surface area (Å²) in [5.41, 5.74) is 5.33. The minimum Gasteiger partial charge on any atom is -0.464 e. The van der Waals surface area contributed by atoms with E-state index in [4.69, 9.17) is 19.2 Å². The summed E-state index contributed by atoms with van der Waals surface area (Å²) in [5.74, 6) is -2.98. The molecule has 3 saturated heterocycles. The molecule has 17 nitrogen and oxygen atoms in total. The Balaban J connectivity index is 1.14. The van der Waals surface area contributed by atoms with Crippen LogP contribution < -0.4 is 10.7 Å². The molecule has 74 heavy (non-hydrogen) atoms. The van der Waals surface area contributed by atoms with E-state index >= 15 is 0 Å². The molecule has 3 fully saturated rings. The minimum absolute atomic E-state index is 0.0254. The van der Waals surface area contributed by atoms with E-state index in [1.807, 2.05) is 13.8 Å². The van der Waals surface area contributed by atoms with Gasteiger partial charge in [0, 0.05) is 85.3 Å². The lowest BCUT2D eigenvalue weighted by molar-refractivity contribution is -0.155. The van der Waals surface area contributed by atoms with Crippen LogP contribution in [0.5, 0.6) is 0 Å². The van der Waals surface area contributed by atoms with Gasteiger partial charge in [-0.05, 0) is 68.0 Å². The number of halogens is 5. The van der Waals surface area contributed by atoms with Gasteiger partial charge in [0.1, 0.15) is 24.7 Å². The number of esters is 1. The predicted octanol–water partition coefficient (Wildman–Crippen LogP) is 6.55. The van der Waals surface area contributed by atoms with Crippen molar-refractivity contribution in [3.8, 4) is 22.5 Å². The van der Waals surface area contributed by atoms with Gasteiger partial charge in [0.05, 0.1) is 60.1 Å². The Labute approximate surface area is 429 Å². The van der Waals surface area contributed by atoms with Crippen LogP contribution in [0.25, 0.3) is 33.4 Å². The second-order valence-corrected chi connectivity index (χ2v) is 21.4. The molecule has 1 unspecified atom stereocenters. The molecule has 0 saturated carbocycles. The van der Waals surface area contributed by atoms with Crippen molar-refractivity contribution in [3.63, 3.8) is 0 Å². The van der Waals surface area contributed by atoms with Crippen LogP contribution in [-0.4, -0.2) is 160 Å². The molecular formula is C51H62F5N9O8S. The normalized spacial score (nSPS) is 22.5.